The first-order valence-electron chi connectivity index (χ1n) is 6.56. The van der Waals surface area contributed by atoms with E-state index in [2.05, 4.69) is 31.9 Å². The molecule has 0 bridgehead atoms. The number of ether oxygens (including phenoxy) is 2. The van der Waals surface area contributed by atoms with Crippen molar-refractivity contribution in [2.24, 2.45) is 0 Å². The van der Waals surface area contributed by atoms with Crippen LogP contribution in [0.3, 0.4) is 0 Å². The maximum absolute atomic E-state index is 9.56. The molecule has 1 aromatic carbocycles. The van der Waals surface area contributed by atoms with Gasteiger partial charge < -0.3 is 14.6 Å². The van der Waals surface area contributed by atoms with Crippen molar-refractivity contribution in [3.05, 3.63) is 21.1 Å². The summed E-state index contributed by atoms with van der Waals surface area (Å²) in [7, 11) is 0. The van der Waals surface area contributed by atoms with Crippen LogP contribution in [0.25, 0.3) is 0 Å². The predicted octanol–water partition coefficient (Wildman–Crippen LogP) is 4.99. The number of rotatable bonds is 4. The van der Waals surface area contributed by atoms with Crippen molar-refractivity contribution >= 4 is 31.9 Å². The van der Waals surface area contributed by atoms with Crippen molar-refractivity contribution in [3.63, 3.8) is 0 Å². The van der Waals surface area contributed by atoms with Crippen LogP contribution < -0.4 is 4.74 Å². The van der Waals surface area contributed by atoms with Crippen LogP contribution in [-0.2, 0) is 4.74 Å². The molecule has 0 radical (unpaired) electrons. The second kappa shape index (κ2) is 6.95. The minimum absolute atomic E-state index is 0.181. The van der Waals surface area contributed by atoms with Crippen molar-refractivity contribution in [1.82, 2.24) is 0 Å². The van der Waals surface area contributed by atoms with E-state index < -0.39 is 0 Å². The van der Waals surface area contributed by atoms with Crippen LogP contribution in [0, 0.1) is 0 Å². The highest BCUT2D eigenvalue weighted by molar-refractivity contribution is 9.11. The normalized spacial score (nSPS) is 18.3. The Kier molecular flexibility index (Phi) is 5.54. The molecule has 106 valence electrons. The van der Waals surface area contributed by atoms with Crippen LogP contribution in [0.5, 0.6) is 11.5 Å². The first kappa shape index (κ1) is 15.1. The van der Waals surface area contributed by atoms with Gasteiger partial charge in [0, 0.05) is 0 Å². The minimum atomic E-state index is -0.296. The second-order valence-electron chi connectivity index (χ2n) is 4.82. The van der Waals surface area contributed by atoms with Crippen molar-refractivity contribution < 1.29 is 14.6 Å². The van der Waals surface area contributed by atoms with Crippen LogP contribution in [0.4, 0.5) is 0 Å². The SMILES string of the molecule is CC(Oc1cc(Br)c(O)cc1Br)OC1CCCCC1. The van der Waals surface area contributed by atoms with Gasteiger partial charge in [0.05, 0.1) is 15.0 Å². The van der Waals surface area contributed by atoms with Crippen molar-refractivity contribution in [2.75, 3.05) is 0 Å². The molecule has 1 aliphatic rings. The zero-order valence-electron chi connectivity index (χ0n) is 10.9. The van der Waals surface area contributed by atoms with E-state index in [-0.39, 0.29) is 12.0 Å². The quantitative estimate of drug-likeness (QED) is 0.732. The van der Waals surface area contributed by atoms with Crippen LogP contribution in [-0.4, -0.2) is 17.5 Å². The summed E-state index contributed by atoms with van der Waals surface area (Å²) in [5.74, 6) is 0.841. The van der Waals surface area contributed by atoms with E-state index in [9.17, 15) is 5.11 Å². The third-order valence-corrected chi connectivity index (χ3v) is 4.49. The van der Waals surface area contributed by atoms with Crippen molar-refractivity contribution in [3.8, 4) is 11.5 Å². The molecule has 1 aliphatic carbocycles. The molecule has 5 heteroatoms. The van der Waals surface area contributed by atoms with Gasteiger partial charge in [-0.1, -0.05) is 19.3 Å². The minimum Gasteiger partial charge on any atom is -0.507 e. The summed E-state index contributed by atoms with van der Waals surface area (Å²) in [6, 6.07) is 3.34. The van der Waals surface area contributed by atoms with Gasteiger partial charge in [0.1, 0.15) is 11.5 Å². The average Bonchev–Trinajstić information content (AvgIpc) is 2.37. The van der Waals surface area contributed by atoms with E-state index in [4.69, 9.17) is 9.47 Å². The Morgan fingerprint density at radius 2 is 1.84 bits per heavy atom. The Labute approximate surface area is 130 Å². The Morgan fingerprint density at radius 1 is 1.16 bits per heavy atom. The number of phenolic OH excluding ortho intramolecular Hbond substituents is 1. The van der Waals surface area contributed by atoms with E-state index in [1.54, 1.807) is 12.1 Å². The molecule has 0 spiro atoms. The molecular weight excluding hydrogens is 376 g/mol. The Bertz CT molecular complexity index is 431. The zero-order chi connectivity index (χ0) is 13.8. The summed E-state index contributed by atoms with van der Waals surface area (Å²) < 4.78 is 13.0. The lowest BCUT2D eigenvalue weighted by atomic mass is 9.98. The number of halogens is 2. The Morgan fingerprint density at radius 3 is 2.53 bits per heavy atom. The highest BCUT2D eigenvalue weighted by Crippen LogP contribution is 2.36. The van der Waals surface area contributed by atoms with Gasteiger partial charge in [-0.15, -0.1) is 0 Å². The molecule has 1 saturated carbocycles. The van der Waals surface area contributed by atoms with Crippen molar-refractivity contribution in [2.45, 2.75) is 51.4 Å². The fraction of sp³-hybridized carbons (Fsp3) is 0.571. The lowest BCUT2D eigenvalue weighted by Crippen LogP contribution is -2.26. The van der Waals surface area contributed by atoms with Crippen LogP contribution in [0.1, 0.15) is 39.0 Å². The van der Waals surface area contributed by atoms with Crippen LogP contribution in [0.15, 0.2) is 21.1 Å². The Hall–Kier alpha value is -0.260. The Balaban J connectivity index is 1.94. The standard InChI is InChI=1S/C14H18Br2O3/c1-9(18-10-5-3-2-4-6-10)19-14-8-11(15)13(17)7-12(14)16/h7-10,17H,2-6H2,1H3. The molecular formula is C14H18Br2O3. The van der Waals surface area contributed by atoms with Gasteiger partial charge in [0.2, 0.25) is 0 Å². The molecule has 0 saturated heterocycles. The van der Waals surface area contributed by atoms with E-state index >= 15 is 0 Å². The molecule has 0 heterocycles. The lowest BCUT2D eigenvalue weighted by Gasteiger charge is -2.26. The molecule has 1 aromatic rings. The number of aromatic hydroxyl groups is 1. The average molecular weight is 394 g/mol. The molecule has 19 heavy (non-hydrogen) atoms. The van der Waals surface area contributed by atoms with Crippen LogP contribution >= 0.6 is 31.9 Å². The van der Waals surface area contributed by atoms with E-state index in [1.807, 2.05) is 6.92 Å². The molecule has 1 N–H and O–H groups in total. The third kappa shape index (κ3) is 4.36. The summed E-state index contributed by atoms with van der Waals surface area (Å²) in [6.45, 7) is 1.90. The highest BCUT2D eigenvalue weighted by atomic mass is 79.9. The fourth-order valence-corrected chi connectivity index (χ4v) is 3.03. The monoisotopic (exact) mass is 392 g/mol. The molecule has 1 fully saturated rings. The smallest absolute Gasteiger partial charge is 0.197 e. The summed E-state index contributed by atoms with van der Waals surface area (Å²) in [6.07, 6.45) is 6.05. The fourth-order valence-electron chi connectivity index (χ4n) is 2.29. The molecule has 2 rings (SSSR count). The van der Waals surface area contributed by atoms with Gasteiger partial charge in [0.25, 0.3) is 0 Å². The maximum atomic E-state index is 9.56. The predicted molar refractivity (Wildman–Crippen MR) is 81.6 cm³/mol. The molecule has 3 nitrogen and oxygen atoms in total. The zero-order valence-corrected chi connectivity index (χ0v) is 14.0. The van der Waals surface area contributed by atoms with Crippen molar-refractivity contribution in [1.29, 1.82) is 0 Å². The second-order valence-corrected chi connectivity index (χ2v) is 6.52. The van der Waals surface area contributed by atoms with Gasteiger partial charge in [-0.25, -0.2) is 0 Å². The van der Waals surface area contributed by atoms with E-state index in [1.165, 1.54) is 19.3 Å². The van der Waals surface area contributed by atoms with Crippen LogP contribution in [0.2, 0.25) is 0 Å². The number of hydrogen-bond donors (Lipinski definition) is 1. The summed E-state index contributed by atoms with van der Waals surface area (Å²) >= 11 is 6.65. The number of benzene rings is 1. The molecule has 0 amide bonds. The first-order valence-corrected chi connectivity index (χ1v) is 8.15. The summed E-state index contributed by atoms with van der Waals surface area (Å²) in [5.41, 5.74) is 0. The molecule has 1 unspecified atom stereocenters. The summed E-state index contributed by atoms with van der Waals surface area (Å²) in [4.78, 5) is 0. The summed E-state index contributed by atoms with van der Waals surface area (Å²) in [5, 5.41) is 9.56. The largest absolute Gasteiger partial charge is 0.507 e. The number of phenols is 1. The van der Waals surface area contributed by atoms with E-state index in [0.717, 1.165) is 12.8 Å². The molecule has 0 aliphatic heterocycles. The van der Waals surface area contributed by atoms with Gasteiger partial charge in [-0.3, -0.25) is 0 Å². The van der Waals surface area contributed by atoms with Gasteiger partial charge in [0.15, 0.2) is 6.29 Å². The lowest BCUT2D eigenvalue weighted by molar-refractivity contribution is -0.117. The van der Waals surface area contributed by atoms with Gasteiger partial charge in [-0.05, 0) is 63.8 Å². The number of hydrogen-bond acceptors (Lipinski definition) is 3. The third-order valence-electron chi connectivity index (χ3n) is 3.23. The maximum Gasteiger partial charge on any atom is 0.197 e. The topological polar surface area (TPSA) is 38.7 Å². The highest BCUT2D eigenvalue weighted by Gasteiger charge is 2.18. The molecule has 0 aromatic heterocycles. The molecule has 1 atom stereocenters. The van der Waals surface area contributed by atoms with Gasteiger partial charge in [-0.2, -0.15) is 0 Å². The van der Waals surface area contributed by atoms with E-state index in [0.29, 0.717) is 20.8 Å². The van der Waals surface area contributed by atoms with Gasteiger partial charge >= 0.3 is 0 Å². The first-order chi connectivity index (χ1) is 9.06.